The normalized spacial score (nSPS) is 12.2. The maximum atomic E-state index is 11.9. The van der Waals surface area contributed by atoms with Crippen molar-refractivity contribution in [3.8, 4) is 0 Å². The van der Waals surface area contributed by atoms with Gasteiger partial charge >= 0.3 is 0 Å². The number of carbonyl (C=O) groups excluding carboxylic acids is 1. The average Bonchev–Trinajstić information content (AvgIpc) is 2.30. The molecule has 2 heteroatoms. The van der Waals surface area contributed by atoms with E-state index in [-0.39, 0.29) is 11.8 Å². The second kappa shape index (κ2) is 5.69. The number of rotatable bonds is 4. The molecule has 0 N–H and O–H groups in total. The molecule has 0 spiro atoms. The third-order valence-corrected chi connectivity index (χ3v) is 2.95. The molecule has 1 aromatic carbocycles. The number of carbonyl (C=O) groups is 1. The molecule has 0 fully saturated rings. The van der Waals surface area contributed by atoms with Crippen LogP contribution in [-0.4, -0.2) is 17.9 Å². The number of amides is 1. The lowest BCUT2D eigenvalue weighted by molar-refractivity contribution is -0.134. The lowest BCUT2D eigenvalue weighted by atomic mass is 10.1. The zero-order valence-electron chi connectivity index (χ0n) is 10.7. The molecule has 0 saturated heterocycles. The molecule has 1 atom stereocenters. The van der Waals surface area contributed by atoms with Crippen molar-refractivity contribution in [3.63, 3.8) is 0 Å². The third-order valence-electron chi connectivity index (χ3n) is 2.95. The summed E-state index contributed by atoms with van der Waals surface area (Å²) >= 11 is 0. The fraction of sp³-hybridized carbons (Fsp3) is 0.500. The average molecular weight is 219 g/mol. The summed E-state index contributed by atoms with van der Waals surface area (Å²) in [7, 11) is 1.87. The van der Waals surface area contributed by atoms with E-state index in [0.29, 0.717) is 6.54 Å². The van der Waals surface area contributed by atoms with Crippen molar-refractivity contribution in [2.75, 3.05) is 7.05 Å². The quantitative estimate of drug-likeness (QED) is 0.762. The molecule has 0 heterocycles. The summed E-state index contributed by atoms with van der Waals surface area (Å²) in [6.45, 7) is 6.79. The number of hydrogen-bond acceptors (Lipinski definition) is 1. The van der Waals surface area contributed by atoms with Gasteiger partial charge in [-0.05, 0) is 18.9 Å². The fourth-order valence-corrected chi connectivity index (χ4v) is 1.60. The van der Waals surface area contributed by atoms with Crippen molar-refractivity contribution < 1.29 is 4.79 Å². The largest absolute Gasteiger partial charge is 0.341 e. The van der Waals surface area contributed by atoms with Gasteiger partial charge in [-0.3, -0.25) is 4.79 Å². The van der Waals surface area contributed by atoms with Crippen LogP contribution in [0, 0.1) is 12.8 Å². The summed E-state index contributed by atoms with van der Waals surface area (Å²) in [6.07, 6.45) is 0.900. The maximum Gasteiger partial charge on any atom is 0.225 e. The molecule has 0 radical (unpaired) electrons. The van der Waals surface area contributed by atoms with Gasteiger partial charge in [0.25, 0.3) is 0 Å². The highest BCUT2D eigenvalue weighted by Gasteiger charge is 2.15. The first-order chi connectivity index (χ1) is 7.54. The van der Waals surface area contributed by atoms with E-state index >= 15 is 0 Å². The Hall–Kier alpha value is -1.31. The van der Waals surface area contributed by atoms with Crippen LogP contribution in [0.4, 0.5) is 0 Å². The van der Waals surface area contributed by atoms with Crippen molar-refractivity contribution in [3.05, 3.63) is 35.4 Å². The van der Waals surface area contributed by atoms with E-state index in [1.54, 1.807) is 4.90 Å². The van der Waals surface area contributed by atoms with Gasteiger partial charge in [0.2, 0.25) is 5.91 Å². The minimum atomic E-state index is 0.121. The topological polar surface area (TPSA) is 20.3 Å². The second-order valence-corrected chi connectivity index (χ2v) is 4.49. The summed E-state index contributed by atoms with van der Waals surface area (Å²) in [6, 6.07) is 8.32. The van der Waals surface area contributed by atoms with Crippen LogP contribution in [0.1, 0.15) is 31.4 Å². The standard InChI is InChI=1S/C14H21NO/c1-5-12(3)14(16)15(4)10-13-8-6-11(2)7-9-13/h6-9,12H,5,10H2,1-4H3. The Bertz CT molecular complexity index is 342. The van der Waals surface area contributed by atoms with Crippen molar-refractivity contribution >= 4 is 5.91 Å². The van der Waals surface area contributed by atoms with Gasteiger partial charge in [-0.25, -0.2) is 0 Å². The monoisotopic (exact) mass is 219 g/mol. The molecule has 1 amide bonds. The molecular formula is C14H21NO. The Morgan fingerprint density at radius 2 is 1.88 bits per heavy atom. The highest BCUT2D eigenvalue weighted by Crippen LogP contribution is 2.10. The maximum absolute atomic E-state index is 11.9. The summed E-state index contributed by atoms with van der Waals surface area (Å²) < 4.78 is 0. The van der Waals surface area contributed by atoms with Gasteiger partial charge in [0, 0.05) is 19.5 Å². The zero-order valence-corrected chi connectivity index (χ0v) is 10.7. The van der Waals surface area contributed by atoms with Gasteiger partial charge in [-0.2, -0.15) is 0 Å². The van der Waals surface area contributed by atoms with Crippen molar-refractivity contribution in [2.24, 2.45) is 5.92 Å². The van der Waals surface area contributed by atoms with E-state index in [4.69, 9.17) is 0 Å². The van der Waals surface area contributed by atoms with Gasteiger partial charge in [0.05, 0.1) is 0 Å². The minimum Gasteiger partial charge on any atom is -0.341 e. The summed E-state index contributed by atoms with van der Waals surface area (Å²) in [4.78, 5) is 13.7. The zero-order chi connectivity index (χ0) is 12.1. The number of hydrogen-bond donors (Lipinski definition) is 0. The summed E-state index contributed by atoms with van der Waals surface area (Å²) in [5, 5.41) is 0. The minimum absolute atomic E-state index is 0.121. The molecule has 0 aromatic heterocycles. The smallest absolute Gasteiger partial charge is 0.225 e. The van der Waals surface area contributed by atoms with Crippen LogP contribution < -0.4 is 0 Å². The molecule has 1 rings (SSSR count). The van der Waals surface area contributed by atoms with Crippen LogP contribution in [-0.2, 0) is 11.3 Å². The van der Waals surface area contributed by atoms with Gasteiger partial charge in [0.1, 0.15) is 0 Å². The van der Waals surface area contributed by atoms with Crippen molar-refractivity contribution in [1.29, 1.82) is 0 Å². The SMILES string of the molecule is CCC(C)C(=O)N(C)Cc1ccc(C)cc1. The number of nitrogens with zero attached hydrogens (tertiary/aromatic N) is 1. The molecule has 1 unspecified atom stereocenters. The first kappa shape index (κ1) is 12.8. The first-order valence-corrected chi connectivity index (χ1v) is 5.85. The van der Waals surface area contributed by atoms with Gasteiger partial charge < -0.3 is 4.90 Å². The lowest BCUT2D eigenvalue weighted by Crippen LogP contribution is -2.30. The van der Waals surface area contributed by atoms with Crippen molar-refractivity contribution in [1.82, 2.24) is 4.90 Å². The molecule has 88 valence electrons. The predicted molar refractivity (Wildman–Crippen MR) is 67.1 cm³/mol. The number of benzene rings is 1. The molecule has 2 nitrogen and oxygen atoms in total. The van der Waals surface area contributed by atoms with Gasteiger partial charge in [-0.1, -0.05) is 43.7 Å². The van der Waals surface area contributed by atoms with Crippen LogP contribution in [0.15, 0.2) is 24.3 Å². The Morgan fingerprint density at radius 3 is 2.38 bits per heavy atom. The number of aryl methyl sites for hydroxylation is 1. The fourth-order valence-electron chi connectivity index (χ4n) is 1.60. The van der Waals surface area contributed by atoms with Crippen molar-refractivity contribution in [2.45, 2.75) is 33.7 Å². The second-order valence-electron chi connectivity index (χ2n) is 4.49. The first-order valence-electron chi connectivity index (χ1n) is 5.85. The van der Waals surface area contributed by atoms with Crippen LogP contribution >= 0.6 is 0 Å². The van der Waals surface area contributed by atoms with Crippen LogP contribution in [0.2, 0.25) is 0 Å². The highest BCUT2D eigenvalue weighted by molar-refractivity contribution is 5.78. The van der Waals surface area contributed by atoms with E-state index in [1.165, 1.54) is 11.1 Å². The Kier molecular flexibility index (Phi) is 4.53. The highest BCUT2D eigenvalue weighted by atomic mass is 16.2. The van der Waals surface area contributed by atoms with E-state index in [1.807, 2.05) is 20.9 Å². The Morgan fingerprint density at radius 1 is 1.31 bits per heavy atom. The van der Waals surface area contributed by atoms with E-state index in [0.717, 1.165) is 6.42 Å². The Balaban J connectivity index is 2.60. The van der Waals surface area contributed by atoms with Crippen LogP contribution in [0.5, 0.6) is 0 Å². The molecule has 0 aliphatic heterocycles. The Labute approximate surface area is 98.3 Å². The molecule has 0 aliphatic carbocycles. The van der Waals surface area contributed by atoms with E-state index < -0.39 is 0 Å². The van der Waals surface area contributed by atoms with E-state index in [2.05, 4.69) is 31.2 Å². The molecule has 0 aliphatic rings. The third kappa shape index (κ3) is 3.37. The molecule has 1 aromatic rings. The molecular weight excluding hydrogens is 198 g/mol. The van der Waals surface area contributed by atoms with Gasteiger partial charge in [-0.15, -0.1) is 0 Å². The lowest BCUT2D eigenvalue weighted by Gasteiger charge is -2.20. The van der Waals surface area contributed by atoms with Crippen LogP contribution in [0.3, 0.4) is 0 Å². The molecule has 0 bridgehead atoms. The molecule has 16 heavy (non-hydrogen) atoms. The summed E-state index contributed by atoms with van der Waals surface area (Å²) in [5.74, 6) is 0.346. The van der Waals surface area contributed by atoms with E-state index in [9.17, 15) is 4.79 Å². The van der Waals surface area contributed by atoms with Gasteiger partial charge in [0.15, 0.2) is 0 Å². The molecule has 0 saturated carbocycles. The summed E-state index contributed by atoms with van der Waals surface area (Å²) in [5.41, 5.74) is 2.43. The predicted octanol–water partition coefficient (Wildman–Crippen LogP) is 3.00. The van der Waals surface area contributed by atoms with Crippen LogP contribution in [0.25, 0.3) is 0 Å².